The van der Waals surface area contributed by atoms with Gasteiger partial charge < -0.3 is 27.8 Å². The Morgan fingerprint density at radius 3 is 1.80 bits per heavy atom. The van der Waals surface area contributed by atoms with Crippen LogP contribution in [0.4, 0.5) is 0 Å². The molecular weight excluding hydrogens is 601 g/mol. The van der Waals surface area contributed by atoms with Gasteiger partial charge >= 0.3 is 5.97 Å². The highest BCUT2D eigenvalue weighted by Gasteiger charge is 2.61. The molecule has 5 rings (SSSR count). The molecule has 0 radical (unpaired) electrons. The largest absolute Gasteiger partial charge is 0.457 e. The van der Waals surface area contributed by atoms with Crippen molar-refractivity contribution in [1.29, 1.82) is 0 Å². The van der Waals surface area contributed by atoms with Crippen molar-refractivity contribution in [2.45, 2.75) is 178 Å². The van der Waals surface area contributed by atoms with Crippen LogP contribution in [0.1, 0.15) is 92.1 Å². The highest BCUT2D eigenvalue weighted by atomic mass is 28.4. The van der Waals surface area contributed by atoms with Crippen molar-refractivity contribution in [3.63, 3.8) is 0 Å². The van der Waals surface area contributed by atoms with Gasteiger partial charge in [-0.25, -0.2) is 0 Å². The van der Waals surface area contributed by atoms with E-state index in [0.29, 0.717) is 25.4 Å². The van der Waals surface area contributed by atoms with Crippen LogP contribution in [-0.2, 0) is 39.2 Å². The summed E-state index contributed by atoms with van der Waals surface area (Å²) in [6, 6.07) is 16.7. The summed E-state index contributed by atoms with van der Waals surface area (Å²) in [4.78, 5) is 12.7. The van der Waals surface area contributed by atoms with Crippen molar-refractivity contribution >= 4 is 22.6 Å². The first-order valence-electron chi connectivity index (χ1n) is 18.4. The van der Waals surface area contributed by atoms with E-state index in [1.165, 1.54) is 19.3 Å². The molecule has 3 saturated heterocycles. The highest BCUT2D eigenvalue weighted by Crippen LogP contribution is 2.46. The topological polar surface area (TPSA) is 72.5 Å². The number of carbonyl (C=O) groups excluding carboxylic acids is 1. The first-order valence-corrected chi connectivity index (χ1v) is 23.4. The van der Waals surface area contributed by atoms with Crippen LogP contribution in [0.15, 0.2) is 30.3 Å². The summed E-state index contributed by atoms with van der Waals surface area (Å²) < 4.78 is 42.4. The predicted molar refractivity (Wildman–Crippen MR) is 182 cm³/mol. The van der Waals surface area contributed by atoms with Gasteiger partial charge in [0.2, 0.25) is 0 Å². The summed E-state index contributed by atoms with van der Waals surface area (Å²) in [6.45, 7) is 14.3. The zero-order valence-electron chi connectivity index (χ0n) is 28.8. The molecule has 0 bridgehead atoms. The first-order chi connectivity index (χ1) is 21.8. The second-order valence-corrected chi connectivity index (χ2v) is 23.5. The quantitative estimate of drug-likeness (QED) is 0.147. The number of fused-ring (bicyclic) bond motifs is 2. The van der Waals surface area contributed by atoms with Crippen molar-refractivity contribution in [3.8, 4) is 0 Å². The number of carbonyl (C=O) groups is 1. The number of rotatable bonds is 14. The van der Waals surface area contributed by atoms with Gasteiger partial charge in [0, 0.05) is 6.42 Å². The lowest BCUT2D eigenvalue weighted by Crippen LogP contribution is -2.73. The van der Waals surface area contributed by atoms with Crippen molar-refractivity contribution in [3.05, 3.63) is 35.9 Å². The zero-order valence-corrected chi connectivity index (χ0v) is 30.8. The minimum atomic E-state index is -2.08. The van der Waals surface area contributed by atoms with E-state index in [4.69, 9.17) is 27.8 Å². The van der Waals surface area contributed by atoms with Crippen molar-refractivity contribution in [1.82, 2.24) is 0 Å². The monoisotopic (exact) mass is 660 g/mol. The molecule has 1 aromatic carbocycles. The van der Waals surface area contributed by atoms with E-state index in [1.807, 2.05) is 18.2 Å². The van der Waals surface area contributed by atoms with Crippen LogP contribution in [0.25, 0.3) is 0 Å². The average molecular weight is 661 g/mol. The van der Waals surface area contributed by atoms with Crippen molar-refractivity contribution in [2.24, 2.45) is 5.92 Å². The van der Waals surface area contributed by atoms with Gasteiger partial charge in [-0.05, 0) is 67.0 Å². The Balaban J connectivity index is 1.59. The van der Waals surface area contributed by atoms with Crippen LogP contribution in [0, 0.1) is 5.92 Å². The maximum Gasteiger partial charge on any atom is 0.306 e. The molecule has 45 heavy (non-hydrogen) atoms. The first kappa shape index (κ1) is 35.2. The van der Waals surface area contributed by atoms with Gasteiger partial charge in [-0.3, -0.25) is 4.79 Å². The number of benzene rings is 1. The summed E-state index contributed by atoms with van der Waals surface area (Å²) in [6.07, 6.45) is 4.53. The van der Waals surface area contributed by atoms with Gasteiger partial charge in [0.05, 0.1) is 24.9 Å². The molecule has 4 aliphatic rings. The Labute approximate surface area is 274 Å². The molecule has 0 unspecified atom stereocenters. The van der Waals surface area contributed by atoms with E-state index in [2.05, 4.69) is 53.7 Å². The minimum Gasteiger partial charge on any atom is -0.457 e. The summed E-state index contributed by atoms with van der Waals surface area (Å²) in [7, 11) is -4.12. The Morgan fingerprint density at radius 2 is 1.22 bits per heavy atom. The molecule has 1 saturated carbocycles. The van der Waals surface area contributed by atoms with E-state index in [0.717, 1.165) is 54.7 Å². The Hall–Kier alpha value is -1.08. The van der Waals surface area contributed by atoms with Gasteiger partial charge in [0.15, 0.2) is 22.7 Å². The average Bonchev–Trinajstić information content (AvgIpc) is 3.09. The third-order valence-corrected chi connectivity index (χ3v) is 21.2. The van der Waals surface area contributed by atoms with Gasteiger partial charge in [-0.2, -0.15) is 0 Å². The van der Waals surface area contributed by atoms with E-state index in [1.54, 1.807) is 0 Å². The smallest absolute Gasteiger partial charge is 0.306 e. The molecule has 3 aliphatic heterocycles. The van der Waals surface area contributed by atoms with Gasteiger partial charge in [0.25, 0.3) is 0 Å². The second-order valence-electron chi connectivity index (χ2n) is 14.0. The standard InChI is InChI=1S/C36H60O7Si2/c1-7-44(8-2,9-3)42-35-30(27-21-17-14-18-22-27)41-33-32(38-25-26-19-15-13-16-20-26)31-28(23-24-29(37)40-31)39-34(33)36(35)43-45(10-4,11-5)12-6/h13,15-16,19-20,27-28,30-36H,7-12,14,17-18,21-25H2,1-6H3/t28-,30-,31-,32+,33+,34+,35-,36-/m0/s1. The molecule has 254 valence electrons. The molecule has 0 spiro atoms. The Bertz CT molecular complexity index is 1040. The fourth-order valence-corrected chi connectivity index (χ4v) is 14.2. The van der Waals surface area contributed by atoms with Gasteiger partial charge in [0.1, 0.15) is 24.4 Å². The molecule has 1 aliphatic carbocycles. The number of hydrogen-bond donors (Lipinski definition) is 0. The van der Waals surface area contributed by atoms with Gasteiger partial charge in [-0.15, -0.1) is 0 Å². The maximum absolute atomic E-state index is 12.7. The molecule has 7 nitrogen and oxygen atoms in total. The third-order valence-electron chi connectivity index (χ3n) is 11.9. The molecule has 1 aromatic rings. The predicted octanol–water partition coefficient (Wildman–Crippen LogP) is 8.17. The summed E-state index contributed by atoms with van der Waals surface area (Å²) in [5, 5.41) is 0. The van der Waals surface area contributed by atoms with Crippen molar-refractivity contribution in [2.75, 3.05) is 0 Å². The molecule has 4 fully saturated rings. The summed E-state index contributed by atoms with van der Waals surface area (Å²) >= 11 is 0. The molecule has 0 aromatic heterocycles. The Morgan fingerprint density at radius 1 is 0.667 bits per heavy atom. The molecule has 9 heteroatoms. The zero-order chi connectivity index (χ0) is 32.0. The van der Waals surface area contributed by atoms with Crippen LogP contribution >= 0.6 is 0 Å². The number of ether oxygens (including phenoxy) is 4. The fourth-order valence-electron chi connectivity index (χ4n) is 8.48. The van der Waals surface area contributed by atoms with Crippen LogP contribution in [-0.4, -0.2) is 71.4 Å². The van der Waals surface area contributed by atoms with E-state index in [9.17, 15) is 4.79 Å². The van der Waals surface area contributed by atoms with Gasteiger partial charge in [-0.1, -0.05) is 91.1 Å². The lowest BCUT2D eigenvalue weighted by atomic mass is 9.77. The second kappa shape index (κ2) is 15.9. The fraction of sp³-hybridized carbons (Fsp3) is 0.806. The van der Waals surface area contributed by atoms with E-state index >= 15 is 0 Å². The van der Waals surface area contributed by atoms with E-state index in [-0.39, 0.29) is 36.5 Å². The van der Waals surface area contributed by atoms with E-state index < -0.39 is 34.9 Å². The normalized spacial score (nSPS) is 32.9. The minimum absolute atomic E-state index is 0.104. The maximum atomic E-state index is 12.7. The van der Waals surface area contributed by atoms with Crippen molar-refractivity contribution < 1.29 is 32.6 Å². The van der Waals surface area contributed by atoms with Crippen LogP contribution in [0.3, 0.4) is 0 Å². The number of esters is 1. The lowest BCUT2D eigenvalue weighted by molar-refractivity contribution is -0.325. The molecular formula is C36H60O7Si2. The third kappa shape index (κ3) is 7.65. The molecule has 0 N–H and O–H groups in total. The summed E-state index contributed by atoms with van der Waals surface area (Å²) in [5.41, 5.74) is 1.09. The highest BCUT2D eigenvalue weighted by molar-refractivity contribution is 6.74. The van der Waals surface area contributed by atoms with Crippen LogP contribution in [0.5, 0.6) is 0 Å². The number of hydrogen-bond acceptors (Lipinski definition) is 7. The Kier molecular flexibility index (Phi) is 12.4. The van der Waals surface area contributed by atoms with Crippen LogP contribution in [0.2, 0.25) is 36.3 Å². The lowest BCUT2D eigenvalue weighted by Gasteiger charge is -2.58. The molecule has 8 atom stereocenters. The molecule has 3 heterocycles. The van der Waals surface area contributed by atoms with Crippen LogP contribution < -0.4 is 0 Å². The molecule has 0 amide bonds. The summed E-state index contributed by atoms with van der Waals surface area (Å²) in [5.74, 6) is 0.217. The SMILES string of the molecule is CC[Si](CC)(CC)O[C@H]1[C@@H]2O[C@H]3CCC(=O)O[C@@H]3[C@@H](OCc3ccccc3)[C@H]2O[C@@H](C2CCCCC2)[C@@H]1O[Si](CC)(CC)CC.